The van der Waals surface area contributed by atoms with Crippen LogP contribution in [0.2, 0.25) is 0 Å². The largest absolute Gasteiger partial charge is 0.484 e. The van der Waals surface area contributed by atoms with Gasteiger partial charge in [0.05, 0.1) is 12.7 Å². The third kappa shape index (κ3) is 4.98. The molecule has 0 aliphatic heterocycles. The summed E-state index contributed by atoms with van der Waals surface area (Å²) in [5.41, 5.74) is 11.9. The first kappa shape index (κ1) is 23.3. The third-order valence-electron chi connectivity index (χ3n) is 6.46. The van der Waals surface area contributed by atoms with E-state index in [0.717, 1.165) is 28.4 Å². The zero-order valence-electron chi connectivity index (χ0n) is 20.6. The number of rotatable bonds is 8. The number of nitrogens with one attached hydrogen (secondary N) is 1. The Balaban J connectivity index is 1.25. The molecule has 3 aromatic heterocycles. The quantitative estimate of drug-likeness (QED) is 0.314. The third-order valence-corrected chi connectivity index (χ3v) is 6.46. The van der Waals surface area contributed by atoms with Crippen molar-refractivity contribution in [2.24, 2.45) is 0 Å². The number of nitrogens with two attached hydrogens (primary N) is 1. The van der Waals surface area contributed by atoms with Crippen molar-refractivity contribution in [2.75, 3.05) is 11.1 Å². The first-order valence-corrected chi connectivity index (χ1v) is 11.9. The van der Waals surface area contributed by atoms with E-state index in [1.807, 2.05) is 36.0 Å². The van der Waals surface area contributed by atoms with Crippen LogP contribution in [0, 0.1) is 13.8 Å². The van der Waals surface area contributed by atoms with Crippen LogP contribution in [0.3, 0.4) is 0 Å². The minimum Gasteiger partial charge on any atom is -0.484 e. The van der Waals surface area contributed by atoms with E-state index in [4.69, 9.17) is 10.5 Å². The Labute approximate surface area is 210 Å². The predicted molar refractivity (Wildman–Crippen MR) is 142 cm³/mol. The number of benzene rings is 2. The molecule has 5 rings (SSSR count). The zero-order chi connectivity index (χ0) is 25.1. The number of nitrogens with zero attached hydrogens (tertiary/aromatic N) is 5. The van der Waals surface area contributed by atoms with Gasteiger partial charge in [0, 0.05) is 36.6 Å². The molecule has 5 aromatic rings. The highest BCUT2D eigenvalue weighted by Gasteiger charge is 2.12. The van der Waals surface area contributed by atoms with Crippen LogP contribution in [0.1, 0.15) is 40.8 Å². The standard InChI is InChI=1S/C28H29N7O/c1-18-13-25-24(9-11-30-28(25)29)19(2)26(18)16-31-27-14-23(15-32-34-27)36-20(3)22-7-5-21(6-8-22)17-35-12-4-10-33-35/h4-15,20H,16-17H2,1-3H3,(H2,29,30)(H,31,34)/t20-/m0/s1. The molecule has 0 saturated carbocycles. The van der Waals surface area contributed by atoms with Gasteiger partial charge < -0.3 is 15.8 Å². The van der Waals surface area contributed by atoms with Gasteiger partial charge in [0.15, 0.2) is 5.82 Å². The lowest BCUT2D eigenvalue weighted by Crippen LogP contribution is -2.08. The van der Waals surface area contributed by atoms with E-state index in [1.165, 1.54) is 16.7 Å². The van der Waals surface area contributed by atoms with E-state index in [1.54, 1.807) is 18.6 Å². The van der Waals surface area contributed by atoms with Crippen molar-refractivity contribution < 1.29 is 4.74 Å². The van der Waals surface area contributed by atoms with Crippen molar-refractivity contribution in [3.63, 3.8) is 0 Å². The van der Waals surface area contributed by atoms with Crippen LogP contribution in [0.5, 0.6) is 5.75 Å². The van der Waals surface area contributed by atoms with Gasteiger partial charge >= 0.3 is 0 Å². The number of pyridine rings is 1. The van der Waals surface area contributed by atoms with Gasteiger partial charge in [-0.1, -0.05) is 24.3 Å². The fourth-order valence-corrected chi connectivity index (χ4v) is 4.43. The Morgan fingerprint density at radius 2 is 1.89 bits per heavy atom. The molecular formula is C28H29N7O. The maximum atomic E-state index is 6.18. The topological polar surface area (TPSA) is 104 Å². The molecule has 8 heteroatoms. The lowest BCUT2D eigenvalue weighted by atomic mass is 9.96. The van der Waals surface area contributed by atoms with Crippen molar-refractivity contribution in [1.82, 2.24) is 25.0 Å². The molecule has 3 N–H and O–H groups in total. The fraction of sp³-hybridized carbons (Fsp3) is 0.214. The summed E-state index contributed by atoms with van der Waals surface area (Å²) in [5, 5.41) is 18.1. The van der Waals surface area contributed by atoms with Crippen LogP contribution >= 0.6 is 0 Å². The number of ether oxygens (including phenoxy) is 1. The van der Waals surface area contributed by atoms with Crippen LogP contribution in [0.4, 0.5) is 11.6 Å². The summed E-state index contributed by atoms with van der Waals surface area (Å²) in [6.45, 7) is 7.58. The average molecular weight is 480 g/mol. The van der Waals surface area contributed by atoms with Gasteiger partial charge in [-0.2, -0.15) is 10.2 Å². The number of hydrogen-bond donors (Lipinski definition) is 2. The van der Waals surface area contributed by atoms with Crippen molar-refractivity contribution in [1.29, 1.82) is 0 Å². The van der Waals surface area contributed by atoms with Crippen LogP contribution in [-0.2, 0) is 13.1 Å². The lowest BCUT2D eigenvalue weighted by molar-refractivity contribution is 0.225. The van der Waals surface area contributed by atoms with E-state index in [2.05, 4.69) is 69.8 Å². The molecule has 182 valence electrons. The van der Waals surface area contributed by atoms with Gasteiger partial charge in [-0.3, -0.25) is 4.68 Å². The van der Waals surface area contributed by atoms with Crippen LogP contribution in [0.25, 0.3) is 10.8 Å². The highest BCUT2D eigenvalue weighted by atomic mass is 16.5. The van der Waals surface area contributed by atoms with Crippen molar-refractivity contribution in [3.05, 3.63) is 101 Å². The van der Waals surface area contributed by atoms with Gasteiger partial charge in [0.2, 0.25) is 0 Å². The molecule has 0 bridgehead atoms. The second kappa shape index (κ2) is 10.0. The van der Waals surface area contributed by atoms with Crippen LogP contribution in [0.15, 0.2) is 73.3 Å². The Hall–Kier alpha value is -4.46. The summed E-state index contributed by atoms with van der Waals surface area (Å²) in [6, 6.07) is 16.3. The smallest absolute Gasteiger partial charge is 0.152 e. The van der Waals surface area contributed by atoms with E-state index in [-0.39, 0.29) is 6.10 Å². The molecule has 0 saturated heterocycles. The van der Waals surface area contributed by atoms with Gasteiger partial charge in [0.1, 0.15) is 17.7 Å². The van der Waals surface area contributed by atoms with Crippen molar-refractivity contribution >= 4 is 22.4 Å². The van der Waals surface area contributed by atoms with E-state index in [9.17, 15) is 0 Å². The molecule has 0 amide bonds. The Bertz CT molecular complexity index is 1480. The molecule has 0 spiro atoms. The summed E-state index contributed by atoms with van der Waals surface area (Å²) in [4.78, 5) is 4.21. The van der Waals surface area contributed by atoms with Gasteiger partial charge in [-0.15, -0.1) is 5.10 Å². The minimum absolute atomic E-state index is 0.134. The molecule has 0 fully saturated rings. The van der Waals surface area contributed by atoms with Crippen molar-refractivity contribution in [2.45, 2.75) is 40.0 Å². The highest BCUT2D eigenvalue weighted by Crippen LogP contribution is 2.29. The van der Waals surface area contributed by atoms with Gasteiger partial charge in [0.25, 0.3) is 0 Å². The molecule has 0 radical (unpaired) electrons. The maximum Gasteiger partial charge on any atom is 0.152 e. The monoisotopic (exact) mass is 479 g/mol. The number of hydrogen-bond acceptors (Lipinski definition) is 7. The zero-order valence-corrected chi connectivity index (χ0v) is 20.6. The molecule has 8 nitrogen and oxygen atoms in total. The minimum atomic E-state index is -0.134. The molecule has 3 heterocycles. The Morgan fingerprint density at radius 3 is 2.67 bits per heavy atom. The van der Waals surface area contributed by atoms with E-state index >= 15 is 0 Å². The second-order valence-electron chi connectivity index (χ2n) is 8.92. The molecule has 0 unspecified atom stereocenters. The molecule has 0 aliphatic carbocycles. The molecule has 1 atom stereocenters. The second-order valence-corrected chi connectivity index (χ2v) is 8.92. The number of aryl methyl sites for hydroxylation is 2. The summed E-state index contributed by atoms with van der Waals surface area (Å²) in [6.07, 6.45) is 6.99. The summed E-state index contributed by atoms with van der Waals surface area (Å²) in [7, 11) is 0. The van der Waals surface area contributed by atoms with E-state index < -0.39 is 0 Å². The molecule has 2 aromatic carbocycles. The number of aromatic nitrogens is 5. The molecule has 0 aliphatic rings. The highest BCUT2D eigenvalue weighted by molar-refractivity contribution is 5.94. The predicted octanol–water partition coefficient (Wildman–Crippen LogP) is 5.22. The number of anilines is 2. The summed E-state index contributed by atoms with van der Waals surface area (Å²) in [5.74, 6) is 1.87. The Kier molecular flexibility index (Phi) is 6.49. The first-order chi connectivity index (χ1) is 17.5. The number of nitrogen functional groups attached to an aromatic ring is 1. The summed E-state index contributed by atoms with van der Waals surface area (Å²) < 4.78 is 8.08. The van der Waals surface area contributed by atoms with Crippen molar-refractivity contribution in [3.8, 4) is 5.75 Å². The fourth-order valence-electron chi connectivity index (χ4n) is 4.43. The van der Waals surface area contributed by atoms with Gasteiger partial charge in [-0.25, -0.2) is 4.98 Å². The van der Waals surface area contributed by atoms with Crippen LogP contribution < -0.4 is 15.8 Å². The summed E-state index contributed by atoms with van der Waals surface area (Å²) >= 11 is 0. The first-order valence-electron chi connectivity index (χ1n) is 11.9. The lowest BCUT2D eigenvalue weighted by Gasteiger charge is -2.17. The molecule has 36 heavy (non-hydrogen) atoms. The normalized spacial score (nSPS) is 12.0. The van der Waals surface area contributed by atoms with Gasteiger partial charge in [-0.05, 0) is 72.2 Å². The average Bonchev–Trinajstić information content (AvgIpc) is 3.38. The number of fused-ring (bicyclic) bond motifs is 1. The van der Waals surface area contributed by atoms with Crippen LogP contribution in [-0.4, -0.2) is 25.0 Å². The SMILES string of the molecule is Cc1cc2c(N)nccc2c(C)c1CNc1cc(O[C@@H](C)c2ccc(Cn3cccn3)cc2)cnn1. The molecular weight excluding hydrogens is 450 g/mol. The Morgan fingerprint density at radius 1 is 1.06 bits per heavy atom. The maximum absolute atomic E-state index is 6.18. The van der Waals surface area contributed by atoms with E-state index in [0.29, 0.717) is 23.9 Å².